The van der Waals surface area contributed by atoms with Gasteiger partial charge in [0.05, 0.1) is 36.6 Å². The van der Waals surface area contributed by atoms with E-state index in [4.69, 9.17) is 19.0 Å². The van der Waals surface area contributed by atoms with Crippen molar-refractivity contribution in [3.05, 3.63) is 65.1 Å². The minimum absolute atomic E-state index is 0.0418. The Hall–Kier alpha value is -5.14. The molecule has 3 heterocycles. The molecule has 2 aromatic carbocycles. The maximum Gasteiger partial charge on any atom is 0.533 e. The summed E-state index contributed by atoms with van der Waals surface area (Å²) in [5.74, 6) is -1.77. The molecule has 13 nitrogen and oxygen atoms in total. The molecule has 5 rings (SSSR count). The van der Waals surface area contributed by atoms with E-state index in [0.29, 0.717) is 19.0 Å². The van der Waals surface area contributed by atoms with Crippen LogP contribution in [-0.2, 0) is 20.7 Å². The Balaban J connectivity index is 1.37. The molecule has 268 valence electrons. The first kappa shape index (κ1) is 36.1. The standard InChI is InChI=1S/C36H43FN4O9/c1-6-48-35(46)50-41-22-28(31(42)33(44)39-15-17-40(18-16-39)34(45)49-36(2,3)4)26-20-27(30(47-5)21-29(26)41)32(43)38-13-11-24(12-14-38)19-23-7-9-25(37)10-8-23/h7-10,20-22,24H,6,11-19H2,1-5H3. The van der Waals surface area contributed by atoms with Gasteiger partial charge in [0, 0.05) is 50.7 Å². The number of benzene rings is 2. The van der Waals surface area contributed by atoms with Gasteiger partial charge in [-0.1, -0.05) is 12.1 Å². The van der Waals surface area contributed by atoms with Crippen molar-refractivity contribution in [1.29, 1.82) is 0 Å². The molecule has 0 aliphatic carbocycles. The first-order valence-corrected chi connectivity index (χ1v) is 16.7. The number of aromatic nitrogens is 1. The van der Waals surface area contributed by atoms with Gasteiger partial charge in [0.15, 0.2) is 0 Å². The van der Waals surface area contributed by atoms with E-state index >= 15 is 0 Å². The van der Waals surface area contributed by atoms with E-state index in [9.17, 15) is 28.4 Å². The third-order valence-corrected chi connectivity index (χ3v) is 8.75. The molecule has 0 N–H and O–H groups in total. The summed E-state index contributed by atoms with van der Waals surface area (Å²) in [7, 11) is 1.40. The van der Waals surface area contributed by atoms with E-state index in [0.717, 1.165) is 29.6 Å². The van der Waals surface area contributed by atoms with Crippen LogP contribution < -0.4 is 9.57 Å². The van der Waals surface area contributed by atoms with Gasteiger partial charge < -0.3 is 33.7 Å². The smallest absolute Gasteiger partial charge is 0.496 e. The second-order valence-corrected chi connectivity index (χ2v) is 13.4. The van der Waals surface area contributed by atoms with Gasteiger partial charge in [-0.25, -0.2) is 14.0 Å². The fraction of sp³-hybridized carbons (Fsp3) is 0.472. The molecule has 3 amide bonds. The molecule has 0 saturated carbocycles. The highest BCUT2D eigenvalue weighted by Crippen LogP contribution is 2.32. The van der Waals surface area contributed by atoms with Crippen LogP contribution in [0.3, 0.4) is 0 Å². The average molecular weight is 695 g/mol. The Morgan fingerprint density at radius 2 is 1.50 bits per heavy atom. The van der Waals surface area contributed by atoms with Gasteiger partial charge in [0.25, 0.3) is 17.6 Å². The molecule has 0 spiro atoms. The van der Waals surface area contributed by atoms with Crippen LogP contribution >= 0.6 is 0 Å². The van der Waals surface area contributed by atoms with Crippen molar-refractivity contribution in [1.82, 2.24) is 19.4 Å². The number of halogens is 1. The van der Waals surface area contributed by atoms with E-state index in [1.165, 1.54) is 47.4 Å². The van der Waals surface area contributed by atoms with Gasteiger partial charge in [-0.05, 0) is 76.6 Å². The first-order valence-electron chi connectivity index (χ1n) is 16.7. The molecule has 0 atom stereocenters. The van der Waals surface area contributed by atoms with Gasteiger partial charge in [-0.3, -0.25) is 14.4 Å². The summed E-state index contributed by atoms with van der Waals surface area (Å²) in [6.07, 6.45) is 1.95. The van der Waals surface area contributed by atoms with Crippen molar-refractivity contribution >= 4 is 40.7 Å². The zero-order valence-corrected chi connectivity index (χ0v) is 29.0. The second-order valence-electron chi connectivity index (χ2n) is 13.4. The molecule has 3 aromatic rings. The van der Waals surface area contributed by atoms with Gasteiger partial charge in [-0.15, -0.1) is 0 Å². The molecule has 0 radical (unpaired) electrons. The van der Waals surface area contributed by atoms with E-state index in [1.54, 1.807) is 44.7 Å². The molecule has 1 aromatic heterocycles. The minimum atomic E-state index is -1.03. The number of amides is 3. The van der Waals surface area contributed by atoms with Crippen LogP contribution in [0.1, 0.15) is 66.8 Å². The summed E-state index contributed by atoms with van der Waals surface area (Å²) < 4.78 is 30.3. The fourth-order valence-electron chi connectivity index (χ4n) is 6.18. The number of piperidine rings is 1. The Kier molecular flexibility index (Phi) is 11.0. The molecule has 0 bridgehead atoms. The quantitative estimate of drug-likeness (QED) is 0.186. The zero-order chi connectivity index (χ0) is 36.2. The highest BCUT2D eigenvalue weighted by molar-refractivity contribution is 6.45. The fourth-order valence-corrected chi connectivity index (χ4v) is 6.18. The van der Waals surface area contributed by atoms with Crippen LogP contribution in [0.5, 0.6) is 5.75 Å². The summed E-state index contributed by atoms with van der Waals surface area (Å²) >= 11 is 0. The molecule has 2 fully saturated rings. The van der Waals surface area contributed by atoms with Crippen LogP contribution in [0.2, 0.25) is 0 Å². The number of likely N-dealkylation sites (tertiary alicyclic amines) is 1. The third kappa shape index (κ3) is 8.35. The Morgan fingerprint density at radius 3 is 2.10 bits per heavy atom. The third-order valence-electron chi connectivity index (χ3n) is 8.75. The van der Waals surface area contributed by atoms with Gasteiger partial charge >= 0.3 is 12.2 Å². The van der Waals surface area contributed by atoms with Crippen LogP contribution in [-0.4, -0.2) is 108 Å². The number of ether oxygens (including phenoxy) is 3. The molecular weight excluding hydrogens is 651 g/mol. The average Bonchev–Trinajstić information content (AvgIpc) is 3.44. The zero-order valence-electron chi connectivity index (χ0n) is 29.0. The van der Waals surface area contributed by atoms with E-state index in [-0.39, 0.29) is 72.3 Å². The molecule has 2 saturated heterocycles. The highest BCUT2D eigenvalue weighted by Gasteiger charge is 2.34. The first-order chi connectivity index (χ1) is 23.8. The number of fused-ring (bicyclic) bond motifs is 1. The summed E-state index contributed by atoms with van der Waals surface area (Å²) in [5, 5.41) is 0.204. The predicted octanol–water partition coefficient (Wildman–Crippen LogP) is 4.73. The van der Waals surface area contributed by atoms with Crippen LogP contribution in [0.15, 0.2) is 42.6 Å². The number of Topliss-reactive ketones (excluding diaryl/α,β-unsaturated/α-hetero) is 1. The number of piperazine rings is 1. The van der Waals surface area contributed by atoms with Gasteiger partial charge in [0.1, 0.15) is 17.2 Å². The number of hydrogen-bond acceptors (Lipinski definition) is 9. The molecule has 50 heavy (non-hydrogen) atoms. The highest BCUT2D eigenvalue weighted by atomic mass is 19.1. The van der Waals surface area contributed by atoms with Crippen molar-refractivity contribution in [2.24, 2.45) is 5.92 Å². The number of hydrogen-bond donors (Lipinski definition) is 0. The normalized spacial score (nSPS) is 15.5. The molecule has 14 heteroatoms. The van der Waals surface area contributed by atoms with E-state index in [2.05, 4.69) is 0 Å². The summed E-state index contributed by atoms with van der Waals surface area (Å²) in [6.45, 7) is 8.48. The Bertz CT molecular complexity index is 1750. The van der Waals surface area contributed by atoms with Crippen molar-refractivity contribution in [3.8, 4) is 5.75 Å². The van der Waals surface area contributed by atoms with Gasteiger partial charge in [0.2, 0.25) is 0 Å². The van der Waals surface area contributed by atoms with E-state index in [1.807, 2.05) is 0 Å². The number of carbonyl (C=O) groups excluding carboxylic acids is 5. The lowest BCUT2D eigenvalue weighted by Gasteiger charge is -2.35. The van der Waals surface area contributed by atoms with Crippen LogP contribution in [0.4, 0.5) is 14.0 Å². The topological polar surface area (TPSA) is 137 Å². The monoisotopic (exact) mass is 694 g/mol. The second kappa shape index (κ2) is 15.2. The maximum atomic E-state index is 13.9. The lowest BCUT2D eigenvalue weighted by molar-refractivity contribution is -0.128. The molecule has 2 aliphatic rings. The van der Waals surface area contributed by atoms with Gasteiger partial charge in [-0.2, -0.15) is 4.73 Å². The number of carbonyl (C=O) groups is 5. The van der Waals surface area contributed by atoms with E-state index < -0.39 is 29.5 Å². The molecule has 2 aliphatic heterocycles. The minimum Gasteiger partial charge on any atom is -0.496 e. The van der Waals surface area contributed by atoms with Crippen molar-refractivity contribution in [3.63, 3.8) is 0 Å². The Labute approximate surface area is 289 Å². The summed E-state index contributed by atoms with van der Waals surface area (Å²) in [4.78, 5) is 75.9. The van der Waals surface area contributed by atoms with Crippen LogP contribution in [0, 0.1) is 11.7 Å². The lowest BCUT2D eigenvalue weighted by Crippen LogP contribution is -2.53. The SMILES string of the molecule is CCOC(=O)On1cc(C(=O)C(=O)N2CCN(C(=O)OC(C)(C)C)CC2)c2cc(C(=O)N3CCC(Cc4ccc(F)cc4)CC3)c(OC)cc21. The lowest BCUT2D eigenvalue weighted by atomic mass is 9.90. The van der Waals surface area contributed by atoms with Crippen molar-refractivity contribution < 1.29 is 47.4 Å². The maximum absolute atomic E-state index is 13.9. The number of ketones is 1. The molecule has 0 unspecified atom stereocenters. The summed E-state index contributed by atoms with van der Waals surface area (Å²) in [6, 6.07) is 9.40. The summed E-state index contributed by atoms with van der Waals surface area (Å²) in [5.41, 5.74) is 0.659. The van der Waals surface area contributed by atoms with Crippen molar-refractivity contribution in [2.45, 2.75) is 52.6 Å². The number of nitrogens with zero attached hydrogens (tertiary/aromatic N) is 4. The largest absolute Gasteiger partial charge is 0.533 e. The van der Waals surface area contributed by atoms with Crippen molar-refractivity contribution in [2.75, 3.05) is 53.0 Å². The Morgan fingerprint density at radius 1 is 0.860 bits per heavy atom. The number of rotatable bonds is 8. The predicted molar refractivity (Wildman–Crippen MR) is 180 cm³/mol. The molecular formula is C36H43FN4O9. The number of methoxy groups -OCH3 is 1. The van der Waals surface area contributed by atoms with Crippen LogP contribution in [0.25, 0.3) is 10.9 Å².